The Morgan fingerprint density at radius 3 is 2.37 bits per heavy atom. The van der Waals surface area contributed by atoms with Crippen molar-refractivity contribution in [1.82, 2.24) is 0 Å². The largest absolute Gasteiger partial charge is 0.481 e. The van der Waals surface area contributed by atoms with E-state index in [0.29, 0.717) is 30.2 Å². The fourth-order valence-electron chi connectivity index (χ4n) is 6.16. The molecule has 2 heterocycles. The summed E-state index contributed by atoms with van der Waals surface area (Å²) in [5.74, 6) is -0.654. The Balaban J connectivity index is 1.29. The van der Waals surface area contributed by atoms with Gasteiger partial charge in [-0.15, -0.1) is 0 Å². The minimum Gasteiger partial charge on any atom is -0.481 e. The molecule has 7 nitrogen and oxygen atoms in total. The van der Waals surface area contributed by atoms with Crippen LogP contribution in [-0.4, -0.2) is 22.8 Å². The quantitative estimate of drug-likeness (QED) is 0.213. The van der Waals surface area contributed by atoms with Gasteiger partial charge in [-0.2, -0.15) is 0 Å². The number of aliphatic carboxylic acids is 1. The Bertz CT molecular complexity index is 1700. The number of anilines is 1. The van der Waals surface area contributed by atoms with Crippen molar-refractivity contribution in [2.24, 2.45) is 5.92 Å². The number of carbonyl (C=O) groups excluding carboxylic acids is 2. The summed E-state index contributed by atoms with van der Waals surface area (Å²) in [6.07, 6.45) is 0.722. The summed E-state index contributed by atoms with van der Waals surface area (Å²) < 4.78 is 13.1. The zero-order valence-corrected chi connectivity index (χ0v) is 24.0. The lowest BCUT2D eigenvalue weighted by Crippen LogP contribution is -2.32. The van der Waals surface area contributed by atoms with Crippen molar-refractivity contribution in [3.05, 3.63) is 124 Å². The Morgan fingerprint density at radius 1 is 0.860 bits per heavy atom. The van der Waals surface area contributed by atoms with E-state index >= 15 is 0 Å². The second kappa shape index (κ2) is 11.9. The number of fused-ring (bicyclic) bond motifs is 6. The number of Topliss-reactive ketones (excluding diaryl/α,β-unsaturated/α-hetero) is 1. The maximum atomic E-state index is 13.6. The molecule has 0 aromatic heterocycles. The molecular weight excluding hydrogens is 542 g/mol. The Kier molecular flexibility index (Phi) is 7.82. The van der Waals surface area contributed by atoms with Crippen molar-refractivity contribution in [2.75, 3.05) is 5.32 Å². The molecule has 0 saturated heterocycles. The average Bonchev–Trinajstić information content (AvgIpc) is 3.37. The van der Waals surface area contributed by atoms with Crippen LogP contribution in [0.3, 0.4) is 0 Å². The third-order valence-electron chi connectivity index (χ3n) is 8.22. The zero-order chi connectivity index (χ0) is 30.0. The van der Waals surface area contributed by atoms with E-state index in [1.807, 2.05) is 73.7 Å². The number of carboxylic acid groups (broad SMARTS) is 1. The predicted molar refractivity (Wildman–Crippen MR) is 162 cm³/mol. The van der Waals surface area contributed by atoms with Crippen LogP contribution in [0.5, 0.6) is 11.5 Å². The van der Waals surface area contributed by atoms with E-state index in [0.717, 1.165) is 33.4 Å². The molecule has 0 fully saturated rings. The Labute approximate surface area is 250 Å². The molecule has 0 bridgehead atoms. The first-order valence-corrected chi connectivity index (χ1v) is 14.6. The first-order chi connectivity index (χ1) is 20.8. The third-order valence-corrected chi connectivity index (χ3v) is 8.22. The van der Waals surface area contributed by atoms with Gasteiger partial charge in [-0.1, -0.05) is 66.7 Å². The van der Waals surface area contributed by atoms with Crippen molar-refractivity contribution in [3.8, 4) is 11.5 Å². The maximum Gasteiger partial charge on any atom is 0.303 e. The summed E-state index contributed by atoms with van der Waals surface area (Å²) in [7, 11) is 0. The molecule has 2 aliphatic rings. The van der Waals surface area contributed by atoms with Crippen LogP contribution in [-0.2, 0) is 37.7 Å². The van der Waals surface area contributed by atoms with Gasteiger partial charge in [-0.05, 0) is 60.2 Å². The van der Waals surface area contributed by atoms with E-state index < -0.39 is 17.5 Å². The lowest BCUT2D eigenvalue weighted by molar-refractivity contribution is -0.137. The van der Waals surface area contributed by atoms with Crippen LogP contribution in [0, 0.1) is 12.8 Å². The second-order valence-corrected chi connectivity index (χ2v) is 11.3. The highest BCUT2D eigenvalue weighted by atomic mass is 16.5. The highest BCUT2D eigenvalue weighted by Crippen LogP contribution is 2.56. The predicted octanol–water partition coefficient (Wildman–Crippen LogP) is 6.93. The normalized spacial score (nSPS) is 16.9. The summed E-state index contributed by atoms with van der Waals surface area (Å²) >= 11 is 0. The van der Waals surface area contributed by atoms with Gasteiger partial charge in [0.25, 0.3) is 0 Å². The summed E-state index contributed by atoms with van der Waals surface area (Å²) in [6.45, 7) is 2.49. The monoisotopic (exact) mass is 575 g/mol. The maximum absolute atomic E-state index is 13.6. The fourth-order valence-corrected chi connectivity index (χ4v) is 6.16. The zero-order valence-electron chi connectivity index (χ0n) is 24.0. The summed E-state index contributed by atoms with van der Waals surface area (Å²) in [6, 6.07) is 29.5. The number of nitrogens with one attached hydrogen (secondary N) is 1. The van der Waals surface area contributed by atoms with E-state index in [9.17, 15) is 14.4 Å². The molecule has 1 spiro atoms. The SMILES string of the molecule is Cc1ccc2c(c1)Oc1cc(NC(=O)C(CC(=O)CCCC(=O)O)Cc3ccccc3)ccc1C21OCc2ccccc21. The molecule has 43 heavy (non-hydrogen) atoms. The Morgan fingerprint density at radius 2 is 1.58 bits per heavy atom. The van der Waals surface area contributed by atoms with Gasteiger partial charge in [0.2, 0.25) is 5.91 Å². The van der Waals surface area contributed by atoms with E-state index in [4.69, 9.17) is 14.6 Å². The van der Waals surface area contributed by atoms with Crippen molar-refractivity contribution in [1.29, 1.82) is 0 Å². The minimum atomic E-state index is -0.938. The number of aryl methyl sites for hydroxylation is 1. The van der Waals surface area contributed by atoms with Gasteiger partial charge in [0.15, 0.2) is 5.60 Å². The van der Waals surface area contributed by atoms with Crippen LogP contribution < -0.4 is 10.1 Å². The number of benzene rings is 4. The van der Waals surface area contributed by atoms with Gasteiger partial charge in [-0.3, -0.25) is 14.4 Å². The lowest BCUT2D eigenvalue weighted by Gasteiger charge is -2.37. The molecule has 2 unspecified atom stereocenters. The van der Waals surface area contributed by atoms with Gasteiger partial charge < -0.3 is 19.9 Å². The van der Waals surface area contributed by atoms with Crippen molar-refractivity contribution in [2.45, 2.75) is 51.2 Å². The fraction of sp³-hybridized carbons (Fsp3) is 0.250. The summed E-state index contributed by atoms with van der Waals surface area (Å²) in [4.78, 5) is 37.3. The van der Waals surface area contributed by atoms with Gasteiger partial charge in [-0.25, -0.2) is 0 Å². The topological polar surface area (TPSA) is 102 Å². The number of ether oxygens (including phenoxy) is 2. The standard InChI is InChI=1S/C36H33NO6/c1-23-14-16-30-32(18-23)43-33-21-27(15-17-31(33)36(30)29-12-6-5-10-25(29)22-42-36)37-35(41)26(19-24-8-3-2-4-9-24)20-28(38)11-7-13-34(39)40/h2-6,8-10,12,14-18,21,26H,7,11,13,19-20,22H2,1H3,(H,37,41)(H,39,40). The number of ketones is 1. The molecule has 2 aliphatic heterocycles. The van der Waals surface area contributed by atoms with Gasteiger partial charge in [0, 0.05) is 48.1 Å². The van der Waals surface area contributed by atoms with Crippen LogP contribution in [0.25, 0.3) is 0 Å². The van der Waals surface area contributed by atoms with Crippen molar-refractivity contribution >= 4 is 23.3 Å². The molecule has 4 aromatic rings. The molecule has 2 atom stereocenters. The number of carbonyl (C=O) groups is 3. The van der Waals surface area contributed by atoms with Crippen molar-refractivity contribution in [3.63, 3.8) is 0 Å². The molecule has 218 valence electrons. The molecule has 1 amide bonds. The minimum absolute atomic E-state index is 0.0299. The Hall–Kier alpha value is -4.75. The molecule has 7 heteroatoms. The molecule has 0 aliphatic carbocycles. The number of rotatable bonds is 10. The number of hydrogen-bond acceptors (Lipinski definition) is 5. The summed E-state index contributed by atoms with van der Waals surface area (Å²) in [5, 5.41) is 11.9. The van der Waals surface area contributed by atoms with Crippen LogP contribution in [0.1, 0.15) is 59.1 Å². The van der Waals surface area contributed by atoms with Gasteiger partial charge >= 0.3 is 5.97 Å². The molecule has 0 saturated carbocycles. The first kappa shape index (κ1) is 28.4. The van der Waals surface area contributed by atoms with E-state index in [-0.39, 0.29) is 37.4 Å². The highest BCUT2D eigenvalue weighted by molar-refractivity contribution is 5.96. The molecule has 4 aromatic carbocycles. The molecule has 2 N–H and O–H groups in total. The number of carboxylic acids is 1. The average molecular weight is 576 g/mol. The van der Waals surface area contributed by atoms with Gasteiger partial charge in [0.05, 0.1) is 6.61 Å². The summed E-state index contributed by atoms with van der Waals surface area (Å²) in [5.41, 5.74) is 5.73. The van der Waals surface area contributed by atoms with E-state index in [2.05, 4.69) is 29.6 Å². The molecule has 6 rings (SSSR count). The highest BCUT2D eigenvalue weighted by Gasteiger charge is 2.49. The second-order valence-electron chi connectivity index (χ2n) is 11.3. The van der Waals surface area contributed by atoms with E-state index in [1.165, 1.54) is 0 Å². The number of hydrogen-bond donors (Lipinski definition) is 2. The molecule has 0 radical (unpaired) electrons. The first-order valence-electron chi connectivity index (χ1n) is 14.6. The number of amides is 1. The third kappa shape index (κ3) is 5.68. The van der Waals surface area contributed by atoms with Crippen LogP contribution in [0.15, 0.2) is 91.0 Å². The van der Waals surface area contributed by atoms with Crippen LogP contribution >= 0.6 is 0 Å². The molecular formula is C36H33NO6. The van der Waals surface area contributed by atoms with Crippen LogP contribution in [0.4, 0.5) is 5.69 Å². The van der Waals surface area contributed by atoms with Gasteiger partial charge in [0.1, 0.15) is 17.3 Å². The smallest absolute Gasteiger partial charge is 0.303 e. The van der Waals surface area contributed by atoms with E-state index in [1.54, 1.807) is 0 Å². The lowest BCUT2D eigenvalue weighted by atomic mass is 9.77. The van der Waals surface area contributed by atoms with Crippen molar-refractivity contribution < 1.29 is 29.0 Å². The van der Waals surface area contributed by atoms with Crippen LogP contribution in [0.2, 0.25) is 0 Å².